The first kappa shape index (κ1) is 18.3. The fourth-order valence-electron chi connectivity index (χ4n) is 2.41. The SMILES string of the molecule is C=C(C)COc1ccccc1C(=O)Nc1ccc(Oc2ccccc2)cc1. The van der Waals surface area contributed by atoms with Gasteiger partial charge >= 0.3 is 0 Å². The Morgan fingerprint density at radius 2 is 1.52 bits per heavy atom. The van der Waals surface area contributed by atoms with Crippen LogP contribution in [0.25, 0.3) is 0 Å². The minimum absolute atomic E-state index is 0.232. The molecule has 27 heavy (non-hydrogen) atoms. The van der Waals surface area contributed by atoms with Gasteiger partial charge in [-0.25, -0.2) is 0 Å². The van der Waals surface area contributed by atoms with Crippen molar-refractivity contribution in [1.82, 2.24) is 0 Å². The molecule has 3 aromatic rings. The van der Waals surface area contributed by atoms with Gasteiger partial charge in [-0.1, -0.05) is 36.9 Å². The van der Waals surface area contributed by atoms with Crippen LogP contribution < -0.4 is 14.8 Å². The molecule has 0 aromatic heterocycles. The molecule has 0 unspecified atom stereocenters. The highest BCUT2D eigenvalue weighted by Crippen LogP contribution is 2.24. The quantitative estimate of drug-likeness (QED) is 0.552. The van der Waals surface area contributed by atoms with E-state index in [1.807, 2.05) is 55.5 Å². The van der Waals surface area contributed by atoms with Crippen molar-refractivity contribution in [3.05, 3.63) is 96.6 Å². The molecule has 3 aromatic carbocycles. The van der Waals surface area contributed by atoms with Gasteiger partial charge in [0.25, 0.3) is 5.91 Å². The number of carbonyl (C=O) groups is 1. The second-order valence-electron chi connectivity index (χ2n) is 6.14. The van der Waals surface area contributed by atoms with Crippen LogP contribution in [0.3, 0.4) is 0 Å². The van der Waals surface area contributed by atoms with Gasteiger partial charge in [0.2, 0.25) is 0 Å². The third-order valence-corrected chi connectivity index (χ3v) is 3.70. The monoisotopic (exact) mass is 359 g/mol. The lowest BCUT2D eigenvalue weighted by molar-refractivity contribution is 0.102. The summed E-state index contributed by atoms with van der Waals surface area (Å²) in [6.45, 7) is 6.06. The standard InChI is InChI=1S/C23H21NO3/c1-17(2)16-26-22-11-7-6-10-21(22)23(25)24-18-12-14-20(15-13-18)27-19-8-4-3-5-9-19/h3-15H,1,16H2,2H3,(H,24,25). The Kier molecular flexibility index (Phi) is 5.90. The molecule has 0 aliphatic carbocycles. The van der Waals surface area contributed by atoms with Crippen LogP contribution in [-0.4, -0.2) is 12.5 Å². The number of para-hydroxylation sites is 2. The Bertz CT molecular complexity index is 918. The van der Waals surface area contributed by atoms with Crippen molar-refractivity contribution in [2.24, 2.45) is 0 Å². The summed E-state index contributed by atoms with van der Waals surface area (Å²) in [5, 5.41) is 2.88. The summed E-state index contributed by atoms with van der Waals surface area (Å²) < 4.78 is 11.4. The predicted molar refractivity (Wildman–Crippen MR) is 108 cm³/mol. The molecule has 0 spiro atoms. The molecule has 0 radical (unpaired) electrons. The molecule has 1 amide bonds. The van der Waals surface area contributed by atoms with Gasteiger partial charge in [-0.15, -0.1) is 0 Å². The summed E-state index contributed by atoms with van der Waals surface area (Å²) in [5.74, 6) is 1.76. The van der Waals surface area contributed by atoms with Crippen LogP contribution in [0.5, 0.6) is 17.2 Å². The van der Waals surface area contributed by atoms with Gasteiger partial charge in [-0.05, 0) is 61.0 Å². The molecule has 0 aliphatic rings. The topological polar surface area (TPSA) is 47.6 Å². The van der Waals surface area contributed by atoms with E-state index in [1.165, 1.54) is 0 Å². The van der Waals surface area contributed by atoms with Gasteiger partial charge in [-0.2, -0.15) is 0 Å². The molecule has 0 saturated heterocycles. The number of benzene rings is 3. The van der Waals surface area contributed by atoms with Crippen LogP contribution in [-0.2, 0) is 0 Å². The van der Waals surface area contributed by atoms with Crippen LogP contribution >= 0.6 is 0 Å². The van der Waals surface area contributed by atoms with E-state index in [9.17, 15) is 4.79 Å². The second-order valence-corrected chi connectivity index (χ2v) is 6.14. The number of amides is 1. The highest BCUT2D eigenvalue weighted by molar-refractivity contribution is 6.06. The summed E-state index contributed by atoms with van der Waals surface area (Å²) in [4.78, 5) is 12.6. The van der Waals surface area contributed by atoms with Crippen LogP contribution in [0.15, 0.2) is 91.0 Å². The zero-order valence-corrected chi connectivity index (χ0v) is 15.1. The molecule has 0 bridgehead atoms. The maximum Gasteiger partial charge on any atom is 0.259 e. The van der Waals surface area contributed by atoms with E-state index >= 15 is 0 Å². The molecule has 0 heterocycles. The number of ether oxygens (including phenoxy) is 2. The van der Waals surface area contributed by atoms with Gasteiger partial charge in [-0.3, -0.25) is 4.79 Å². The third-order valence-electron chi connectivity index (χ3n) is 3.70. The average molecular weight is 359 g/mol. The zero-order chi connectivity index (χ0) is 19.1. The molecule has 0 saturated carbocycles. The smallest absolute Gasteiger partial charge is 0.259 e. The van der Waals surface area contributed by atoms with Crippen molar-refractivity contribution < 1.29 is 14.3 Å². The van der Waals surface area contributed by atoms with E-state index in [-0.39, 0.29) is 5.91 Å². The van der Waals surface area contributed by atoms with Crippen molar-refractivity contribution in [3.63, 3.8) is 0 Å². The fourth-order valence-corrected chi connectivity index (χ4v) is 2.41. The normalized spacial score (nSPS) is 10.1. The van der Waals surface area contributed by atoms with Crippen molar-refractivity contribution in [2.75, 3.05) is 11.9 Å². The molecule has 4 nitrogen and oxygen atoms in total. The molecule has 1 N–H and O–H groups in total. The molecular formula is C23H21NO3. The number of rotatable bonds is 7. The van der Waals surface area contributed by atoms with Gasteiger partial charge < -0.3 is 14.8 Å². The summed E-state index contributed by atoms with van der Waals surface area (Å²) in [6, 6.07) is 23.9. The van der Waals surface area contributed by atoms with E-state index in [4.69, 9.17) is 9.47 Å². The molecule has 136 valence electrons. The maximum absolute atomic E-state index is 12.6. The molecule has 3 rings (SSSR count). The van der Waals surface area contributed by atoms with Crippen molar-refractivity contribution in [2.45, 2.75) is 6.92 Å². The van der Waals surface area contributed by atoms with Gasteiger partial charge in [0.05, 0.1) is 5.56 Å². The summed E-state index contributed by atoms with van der Waals surface area (Å²) in [7, 11) is 0. The van der Waals surface area contributed by atoms with Crippen LogP contribution in [0.1, 0.15) is 17.3 Å². The van der Waals surface area contributed by atoms with Crippen LogP contribution in [0, 0.1) is 0 Å². The first-order valence-electron chi connectivity index (χ1n) is 8.62. The lowest BCUT2D eigenvalue weighted by Crippen LogP contribution is -2.14. The van der Waals surface area contributed by atoms with Gasteiger partial charge in [0.1, 0.15) is 23.9 Å². The van der Waals surface area contributed by atoms with Crippen LogP contribution in [0.2, 0.25) is 0 Å². The number of hydrogen-bond donors (Lipinski definition) is 1. The molecule has 0 atom stereocenters. The molecule has 4 heteroatoms. The zero-order valence-electron chi connectivity index (χ0n) is 15.1. The first-order chi connectivity index (χ1) is 13.1. The average Bonchev–Trinajstić information content (AvgIpc) is 2.69. The van der Waals surface area contributed by atoms with E-state index < -0.39 is 0 Å². The Balaban J connectivity index is 1.67. The Labute approximate surface area is 159 Å². The van der Waals surface area contributed by atoms with E-state index in [2.05, 4.69) is 11.9 Å². The number of nitrogens with one attached hydrogen (secondary N) is 1. The Morgan fingerprint density at radius 1 is 0.889 bits per heavy atom. The van der Waals surface area contributed by atoms with Crippen LogP contribution in [0.4, 0.5) is 5.69 Å². The molecule has 0 aliphatic heterocycles. The van der Waals surface area contributed by atoms with E-state index in [0.29, 0.717) is 29.4 Å². The molecule has 0 fully saturated rings. The minimum atomic E-state index is -0.232. The second kappa shape index (κ2) is 8.72. The van der Waals surface area contributed by atoms with E-state index in [1.54, 1.807) is 30.3 Å². The summed E-state index contributed by atoms with van der Waals surface area (Å²) in [5.41, 5.74) is 2.04. The highest BCUT2D eigenvalue weighted by atomic mass is 16.5. The van der Waals surface area contributed by atoms with Gasteiger partial charge in [0, 0.05) is 5.69 Å². The summed E-state index contributed by atoms with van der Waals surface area (Å²) in [6.07, 6.45) is 0. The first-order valence-corrected chi connectivity index (χ1v) is 8.62. The van der Waals surface area contributed by atoms with E-state index in [0.717, 1.165) is 11.3 Å². The maximum atomic E-state index is 12.6. The Morgan fingerprint density at radius 3 is 2.22 bits per heavy atom. The number of carbonyl (C=O) groups excluding carboxylic acids is 1. The van der Waals surface area contributed by atoms with Gasteiger partial charge in [0.15, 0.2) is 0 Å². The lowest BCUT2D eigenvalue weighted by atomic mass is 10.1. The fraction of sp³-hybridized carbons (Fsp3) is 0.0870. The van der Waals surface area contributed by atoms with Crippen molar-refractivity contribution in [3.8, 4) is 17.2 Å². The minimum Gasteiger partial charge on any atom is -0.488 e. The largest absolute Gasteiger partial charge is 0.488 e. The number of anilines is 1. The van der Waals surface area contributed by atoms with Crippen molar-refractivity contribution >= 4 is 11.6 Å². The predicted octanol–water partition coefficient (Wildman–Crippen LogP) is 5.69. The lowest BCUT2D eigenvalue weighted by Gasteiger charge is -2.12. The Hall–Kier alpha value is -3.53. The highest BCUT2D eigenvalue weighted by Gasteiger charge is 2.12. The van der Waals surface area contributed by atoms with Crippen molar-refractivity contribution in [1.29, 1.82) is 0 Å². The summed E-state index contributed by atoms with van der Waals surface area (Å²) >= 11 is 0. The molecular weight excluding hydrogens is 338 g/mol. The number of hydrogen-bond acceptors (Lipinski definition) is 3. The third kappa shape index (κ3) is 5.22.